The van der Waals surface area contributed by atoms with Crippen molar-refractivity contribution < 1.29 is 13.6 Å². The first-order valence-corrected chi connectivity index (χ1v) is 5.29. The quantitative estimate of drug-likeness (QED) is 0.906. The molecule has 1 aromatic heterocycles. The number of pyridine rings is 1. The highest BCUT2D eigenvalue weighted by Crippen LogP contribution is 2.18. The van der Waals surface area contributed by atoms with Crippen LogP contribution in [0.2, 0.25) is 0 Å². The first kappa shape index (κ1) is 12.2. The molecule has 0 aliphatic heterocycles. The molecule has 1 N–H and O–H groups in total. The molecule has 0 bridgehead atoms. The van der Waals surface area contributed by atoms with Gasteiger partial charge in [0.15, 0.2) is 0 Å². The molecule has 0 spiro atoms. The van der Waals surface area contributed by atoms with Gasteiger partial charge in [-0.05, 0) is 29.8 Å². The summed E-state index contributed by atoms with van der Waals surface area (Å²) in [5.41, 5.74) is 0.302. The highest BCUT2D eigenvalue weighted by molar-refractivity contribution is 5.92. The van der Waals surface area contributed by atoms with Crippen molar-refractivity contribution in [3.8, 4) is 0 Å². The highest BCUT2D eigenvalue weighted by atomic mass is 19.1. The Labute approximate surface area is 102 Å². The summed E-state index contributed by atoms with van der Waals surface area (Å²) in [6.45, 7) is 0. The summed E-state index contributed by atoms with van der Waals surface area (Å²) < 4.78 is 26.6. The number of rotatable bonds is 3. The standard InChI is InChI=1S/C13H10F2N2O/c14-10-2-1-3-11(15)13(10)17-12(18)8-9-4-6-16-7-5-9/h1-7H,8H2,(H,17,18). The molecule has 92 valence electrons. The molecular weight excluding hydrogens is 238 g/mol. The van der Waals surface area contributed by atoms with Gasteiger partial charge in [0, 0.05) is 12.4 Å². The lowest BCUT2D eigenvalue weighted by atomic mass is 10.2. The van der Waals surface area contributed by atoms with Gasteiger partial charge in [0.2, 0.25) is 5.91 Å². The Morgan fingerprint density at radius 2 is 1.72 bits per heavy atom. The Bertz CT molecular complexity index is 538. The number of carbonyl (C=O) groups is 1. The van der Waals surface area contributed by atoms with Crippen molar-refractivity contribution >= 4 is 11.6 Å². The van der Waals surface area contributed by atoms with Crippen molar-refractivity contribution in [2.45, 2.75) is 6.42 Å². The summed E-state index contributed by atoms with van der Waals surface area (Å²) in [6, 6.07) is 6.74. The van der Waals surface area contributed by atoms with Crippen LogP contribution in [0, 0.1) is 11.6 Å². The maximum atomic E-state index is 13.3. The van der Waals surface area contributed by atoms with Gasteiger partial charge in [-0.25, -0.2) is 8.78 Å². The Kier molecular flexibility index (Phi) is 3.62. The van der Waals surface area contributed by atoms with Crippen LogP contribution in [0.25, 0.3) is 0 Å². The Balaban J connectivity index is 2.08. The van der Waals surface area contributed by atoms with Gasteiger partial charge in [-0.15, -0.1) is 0 Å². The average Bonchev–Trinajstić information content (AvgIpc) is 2.35. The van der Waals surface area contributed by atoms with Crippen LogP contribution in [-0.4, -0.2) is 10.9 Å². The summed E-state index contributed by atoms with van der Waals surface area (Å²) in [7, 11) is 0. The number of anilines is 1. The summed E-state index contributed by atoms with van der Waals surface area (Å²) in [4.78, 5) is 15.4. The number of hydrogen-bond acceptors (Lipinski definition) is 2. The summed E-state index contributed by atoms with van der Waals surface area (Å²) >= 11 is 0. The van der Waals surface area contributed by atoms with Crippen LogP contribution in [-0.2, 0) is 11.2 Å². The van der Waals surface area contributed by atoms with E-state index in [9.17, 15) is 13.6 Å². The van der Waals surface area contributed by atoms with Crippen LogP contribution < -0.4 is 5.32 Å². The fourth-order valence-electron chi connectivity index (χ4n) is 1.49. The van der Waals surface area contributed by atoms with Crippen LogP contribution in [0.15, 0.2) is 42.7 Å². The second kappa shape index (κ2) is 5.35. The van der Waals surface area contributed by atoms with Crippen molar-refractivity contribution in [3.63, 3.8) is 0 Å². The molecule has 2 rings (SSSR count). The minimum absolute atomic E-state index is 0.0380. The molecule has 0 aliphatic rings. The first-order valence-electron chi connectivity index (χ1n) is 5.29. The molecule has 0 aliphatic carbocycles. The van der Waals surface area contributed by atoms with E-state index in [1.54, 1.807) is 24.5 Å². The van der Waals surface area contributed by atoms with E-state index in [0.29, 0.717) is 0 Å². The number of halogens is 2. The number of aromatic nitrogens is 1. The largest absolute Gasteiger partial charge is 0.321 e. The molecule has 1 heterocycles. The lowest BCUT2D eigenvalue weighted by Crippen LogP contribution is -2.16. The van der Waals surface area contributed by atoms with Crippen LogP contribution in [0.1, 0.15) is 5.56 Å². The summed E-state index contributed by atoms with van der Waals surface area (Å²) in [6.07, 6.45) is 3.13. The maximum Gasteiger partial charge on any atom is 0.228 e. The number of hydrogen-bond donors (Lipinski definition) is 1. The zero-order valence-corrected chi connectivity index (χ0v) is 9.36. The third-order valence-electron chi connectivity index (χ3n) is 2.34. The van der Waals surface area contributed by atoms with Gasteiger partial charge < -0.3 is 5.32 Å². The van der Waals surface area contributed by atoms with Crippen molar-refractivity contribution in [2.75, 3.05) is 5.32 Å². The molecule has 0 unspecified atom stereocenters. The number of amides is 1. The first-order chi connectivity index (χ1) is 8.66. The highest BCUT2D eigenvalue weighted by Gasteiger charge is 2.11. The van der Waals surface area contributed by atoms with Crippen molar-refractivity contribution in [1.82, 2.24) is 4.98 Å². The van der Waals surface area contributed by atoms with Crippen LogP contribution >= 0.6 is 0 Å². The predicted octanol–water partition coefficient (Wildman–Crippen LogP) is 2.54. The molecule has 1 aromatic carbocycles. The van der Waals surface area contributed by atoms with E-state index in [-0.39, 0.29) is 6.42 Å². The fraction of sp³-hybridized carbons (Fsp3) is 0.0769. The average molecular weight is 248 g/mol. The molecule has 2 aromatic rings. The molecule has 3 nitrogen and oxygen atoms in total. The van der Waals surface area contributed by atoms with Gasteiger partial charge in [-0.3, -0.25) is 9.78 Å². The smallest absolute Gasteiger partial charge is 0.228 e. The van der Waals surface area contributed by atoms with Crippen LogP contribution in [0.3, 0.4) is 0 Å². The van der Waals surface area contributed by atoms with E-state index in [1.165, 1.54) is 6.07 Å². The normalized spacial score (nSPS) is 10.1. The minimum Gasteiger partial charge on any atom is -0.321 e. The van der Waals surface area contributed by atoms with Gasteiger partial charge in [-0.1, -0.05) is 6.07 Å². The Hall–Kier alpha value is -2.30. The SMILES string of the molecule is O=C(Cc1ccncc1)Nc1c(F)cccc1F. The maximum absolute atomic E-state index is 13.3. The second-order valence-electron chi connectivity index (χ2n) is 3.68. The molecule has 0 saturated heterocycles. The monoisotopic (exact) mass is 248 g/mol. The van der Waals surface area contributed by atoms with Crippen LogP contribution in [0.4, 0.5) is 14.5 Å². The predicted molar refractivity (Wildman–Crippen MR) is 62.9 cm³/mol. The van der Waals surface area contributed by atoms with Gasteiger partial charge >= 0.3 is 0 Å². The molecule has 5 heteroatoms. The molecule has 0 fully saturated rings. The lowest BCUT2D eigenvalue weighted by Gasteiger charge is -2.07. The second-order valence-corrected chi connectivity index (χ2v) is 3.68. The van der Waals surface area contributed by atoms with E-state index in [2.05, 4.69) is 10.3 Å². The summed E-state index contributed by atoms with van der Waals surface area (Å²) in [5, 5.41) is 2.22. The number of benzene rings is 1. The zero-order chi connectivity index (χ0) is 13.0. The molecule has 0 radical (unpaired) electrons. The van der Waals surface area contributed by atoms with Gasteiger partial charge in [-0.2, -0.15) is 0 Å². The third-order valence-corrected chi connectivity index (χ3v) is 2.34. The van der Waals surface area contributed by atoms with E-state index in [0.717, 1.165) is 17.7 Å². The third kappa shape index (κ3) is 2.88. The van der Waals surface area contributed by atoms with Gasteiger partial charge in [0.1, 0.15) is 17.3 Å². The number of carbonyl (C=O) groups excluding carboxylic acids is 1. The molecular formula is C13H10F2N2O. The van der Waals surface area contributed by atoms with E-state index in [1.807, 2.05) is 0 Å². The molecule has 0 saturated carbocycles. The molecule has 1 amide bonds. The Morgan fingerprint density at radius 1 is 1.11 bits per heavy atom. The van der Waals surface area contributed by atoms with E-state index < -0.39 is 23.2 Å². The number of para-hydroxylation sites is 1. The van der Waals surface area contributed by atoms with Crippen molar-refractivity contribution in [1.29, 1.82) is 0 Å². The molecule has 0 atom stereocenters. The topological polar surface area (TPSA) is 42.0 Å². The minimum atomic E-state index is -0.793. The lowest BCUT2D eigenvalue weighted by molar-refractivity contribution is -0.115. The van der Waals surface area contributed by atoms with E-state index in [4.69, 9.17) is 0 Å². The fourth-order valence-corrected chi connectivity index (χ4v) is 1.49. The summed E-state index contributed by atoms with van der Waals surface area (Å²) in [5.74, 6) is -2.07. The van der Waals surface area contributed by atoms with Crippen LogP contribution in [0.5, 0.6) is 0 Å². The molecule has 18 heavy (non-hydrogen) atoms. The van der Waals surface area contributed by atoms with Gasteiger partial charge in [0.05, 0.1) is 6.42 Å². The van der Waals surface area contributed by atoms with Gasteiger partial charge in [0.25, 0.3) is 0 Å². The Morgan fingerprint density at radius 3 is 2.33 bits per heavy atom. The van der Waals surface area contributed by atoms with Crippen molar-refractivity contribution in [3.05, 3.63) is 59.9 Å². The number of nitrogens with one attached hydrogen (secondary N) is 1. The van der Waals surface area contributed by atoms with Crippen molar-refractivity contribution in [2.24, 2.45) is 0 Å². The zero-order valence-electron chi connectivity index (χ0n) is 9.36. The van der Waals surface area contributed by atoms with E-state index >= 15 is 0 Å². The number of nitrogens with zero attached hydrogens (tertiary/aromatic N) is 1.